The van der Waals surface area contributed by atoms with Crippen molar-refractivity contribution in [3.63, 3.8) is 0 Å². The number of carbonyl (C=O) groups is 2. The first kappa shape index (κ1) is 19.8. The van der Waals surface area contributed by atoms with E-state index in [1.54, 1.807) is 48.6 Å². The van der Waals surface area contributed by atoms with Gasteiger partial charge in [0.05, 0.1) is 19.4 Å². The highest BCUT2D eigenvalue weighted by molar-refractivity contribution is 6.30. The van der Waals surface area contributed by atoms with Crippen LogP contribution in [0.4, 0.5) is 10.5 Å². The zero-order valence-corrected chi connectivity index (χ0v) is 15.6. The van der Waals surface area contributed by atoms with Crippen LogP contribution in [-0.4, -0.2) is 46.7 Å². The first-order chi connectivity index (χ1) is 12.5. The molecule has 0 aliphatic rings. The third kappa shape index (κ3) is 6.07. The van der Waals surface area contributed by atoms with Crippen molar-refractivity contribution in [2.75, 3.05) is 25.5 Å². The summed E-state index contributed by atoms with van der Waals surface area (Å²) >= 11 is 5.87. The second-order valence-electron chi connectivity index (χ2n) is 5.96. The average molecular weight is 379 g/mol. The molecule has 26 heavy (non-hydrogen) atoms. The molecule has 0 saturated carbocycles. The van der Waals surface area contributed by atoms with Crippen molar-refractivity contribution in [2.24, 2.45) is 5.92 Å². The maximum atomic E-state index is 12.6. The van der Waals surface area contributed by atoms with Gasteiger partial charge in [-0.15, -0.1) is 0 Å². The van der Waals surface area contributed by atoms with Gasteiger partial charge >= 0.3 is 12.0 Å². The zero-order chi connectivity index (χ0) is 18.9. The molecule has 1 aromatic carbocycles. The van der Waals surface area contributed by atoms with Gasteiger partial charge in [0.2, 0.25) is 0 Å². The lowest BCUT2D eigenvalue weighted by molar-refractivity contribution is -0.145. The van der Waals surface area contributed by atoms with Crippen LogP contribution in [0.3, 0.4) is 0 Å². The van der Waals surface area contributed by atoms with E-state index in [4.69, 9.17) is 16.3 Å². The van der Waals surface area contributed by atoms with Gasteiger partial charge in [0, 0.05) is 42.7 Å². The van der Waals surface area contributed by atoms with E-state index in [1.807, 2.05) is 10.8 Å². The number of nitrogens with zero attached hydrogens (tertiary/aromatic N) is 3. The van der Waals surface area contributed by atoms with Gasteiger partial charge in [0.25, 0.3) is 0 Å². The maximum absolute atomic E-state index is 12.6. The molecule has 0 spiro atoms. The molecule has 0 radical (unpaired) electrons. The molecule has 2 rings (SSSR count). The largest absolute Gasteiger partial charge is 0.469 e. The molecular weight excluding hydrogens is 356 g/mol. The van der Waals surface area contributed by atoms with Crippen LogP contribution in [0.15, 0.2) is 43.0 Å². The molecule has 1 unspecified atom stereocenters. The van der Waals surface area contributed by atoms with Gasteiger partial charge < -0.3 is 19.5 Å². The van der Waals surface area contributed by atoms with Crippen LogP contribution in [-0.2, 0) is 16.1 Å². The van der Waals surface area contributed by atoms with Crippen LogP contribution in [0.2, 0.25) is 5.02 Å². The highest BCUT2D eigenvalue weighted by Crippen LogP contribution is 2.14. The van der Waals surface area contributed by atoms with Crippen molar-refractivity contribution in [3.05, 3.63) is 48.0 Å². The quantitative estimate of drug-likeness (QED) is 0.715. The molecule has 0 saturated heterocycles. The summed E-state index contributed by atoms with van der Waals surface area (Å²) in [5.41, 5.74) is 0.643. The van der Waals surface area contributed by atoms with Crippen molar-refractivity contribution in [1.82, 2.24) is 14.5 Å². The third-order valence-electron chi connectivity index (χ3n) is 3.88. The SMILES string of the molecule is COC(=O)C(C)CN(CCCn1ccnc1)C(=O)Nc1ccc(Cl)cc1. The van der Waals surface area contributed by atoms with Crippen molar-refractivity contribution in [2.45, 2.75) is 19.9 Å². The van der Waals surface area contributed by atoms with Crippen LogP contribution < -0.4 is 5.32 Å². The number of hydrogen-bond acceptors (Lipinski definition) is 4. The minimum absolute atomic E-state index is 0.270. The lowest BCUT2D eigenvalue weighted by Gasteiger charge is -2.25. The molecular formula is C18H23ClN4O3. The van der Waals surface area contributed by atoms with E-state index >= 15 is 0 Å². The topological polar surface area (TPSA) is 76.5 Å². The number of carbonyl (C=O) groups excluding carboxylic acids is 2. The molecule has 7 nitrogen and oxygen atoms in total. The lowest BCUT2D eigenvalue weighted by Crippen LogP contribution is -2.40. The summed E-state index contributed by atoms with van der Waals surface area (Å²) in [4.78, 5) is 30.0. The number of aromatic nitrogens is 2. The lowest BCUT2D eigenvalue weighted by atomic mass is 10.1. The smallest absolute Gasteiger partial charge is 0.321 e. The molecule has 0 aliphatic heterocycles. The van der Waals surface area contributed by atoms with Crippen LogP contribution in [0.25, 0.3) is 0 Å². The Morgan fingerprint density at radius 1 is 1.35 bits per heavy atom. The Hall–Kier alpha value is -2.54. The minimum atomic E-state index is -0.413. The van der Waals surface area contributed by atoms with E-state index in [2.05, 4.69) is 10.3 Å². The number of aryl methyl sites for hydroxylation is 1. The van der Waals surface area contributed by atoms with Gasteiger partial charge in [-0.1, -0.05) is 18.5 Å². The Labute approximate surface area is 157 Å². The van der Waals surface area contributed by atoms with Gasteiger partial charge in [0.15, 0.2) is 0 Å². The summed E-state index contributed by atoms with van der Waals surface area (Å²) in [5, 5.41) is 3.43. The van der Waals surface area contributed by atoms with Crippen molar-refractivity contribution < 1.29 is 14.3 Å². The second kappa shape index (κ2) is 9.82. The molecule has 1 atom stereocenters. The van der Waals surface area contributed by atoms with E-state index in [9.17, 15) is 9.59 Å². The first-order valence-electron chi connectivity index (χ1n) is 8.34. The number of esters is 1. The van der Waals surface area contributed by atoms with E-state index < -0.39 is 5.92 Å². The predicted molar refractivity (Wildman–Crippen MR) is 100 cm³/mol. The Morgan fingerprint density at radius 2 is 2.08 bits per heavy atom. The van der Waals surface area contributed by atoms with Crippen molar-refractivity contribution in [3.8, 4) is 0 Å². The van der Waals surface area contributed by atoms with E-state index in [0.29, 0.717) is 17.3 Å². The average Bonchev–Trinajstić information content (AvgIpc) is 3.15. The molecule has 1 aromatic heterocycles. The van der Waals surface area contributed by atoms with Gasteiger partial charge in [0.1, 0.15) is 0 Å². The maximum Gasteiger partial charge on any atom is 0.321 e. The predicted octanol–water partition coefficient (Wildman–Crippen LogP) is 3.27. The van der Waals surface area contributed by atoms with Gasteiger partial charge in [-0.3, -0.25) is 4.79 Å². The first-order valence-corrected chi connectivity index (χ1v) is 8.72. The Morgan fingerprint density at radius 3 is 2.69 bits per heavy atom. The van der Waals surface area contributed by atoms with Crippen molar-refractivity contribution in [1.29, 1.82) is 0 Å². The minimum Gasteiger partial charge on any atom is -0.469 e. The highest BCUT2D eigenvalue weighted by Gasteiger charge is 2.21. The van der Waals surface area contributed by atoms with Crippen LogP contribution in [0.5, 0.6) is 0 Å². The summed E-state index contributed by atoms with van der Waals surface area (Å²) in [6, 6.07) is 6.60. The van der Waals surface area contributed by atoms with E-state index in [1.165, 1.54) is 7.11 Å². The number of ether oxygens (including phenoxy) is 1. The molecule has 2 amide bonds. The van der Waals surface area contributed by atoms with Crippen LogP contribution in [0.1, 0.15) is 13.3 Å². The van der Waals surface area contributed by atoms with Crippen LogP contribution in [0, 0.1) is 5.92 Å². The standard InChI is InChI=1S/C18H23ClN4O3/c1-14(17(24)26-2)12-23(10-3-9-22-11-8-20-13-22)18(25)21-16-6-4-15(19)5-7-16/h4-8,11,13-14H,3,9-10,12H2,1-2H3,(H,21,25). The molecule has 140 valence electrons. The Bertz CT molecular complexity index is 704. The molecule has 0 bridgehead atoms. The van der Waals surface area contributed by atoms with Gasteiger partial charge in [-0.25, -0.2) is 9.78 Å². The fourth-order valence-corrected chi connectivity index (χ4v) is 2.61. The molecule has 8 heteroatoms. The fraction of sp³-hybridized carbons (Fsp3) is 0.389. The number of urea groups is 1. The summed E-state index contributed by atoms with van der Waals surface area (Å²) in [5.74, 6) is -0.756. The number of imidazole rings is 1. The third-order valence-corrected chi connectivity index (χ3v) is 4.14. The van der Waals surface area contributed by atoms with Crippen molar-refractivity contribution >= 4 is 29.3 Å². The number of methoxy groups -OCH3 is 1. The van der Waals surface area contributed by atoms with Gasteiger partial charge in [-0.05, 0) is 30.7 Å². The summed E-state index contributed by atoms with van der Waals surface area (Å²) < 4.78 is 6.71. The normalized spacial score (nSPS) is 11.7. The molecule has 1 N–H and O–H groups in total. The summed E-state index contributed by atoms with van der Waals surface area (Å²) in [7, 11) is 1.34. The number of hydrogen-bond donors (Lipinski definition) is 1. The number of amides is 2. The zero-order valence-electron chi connectivity index (χ0n) is 14.9. The highest BCUT2D eigenvalue weighted by atomic mass is 35.5. The number of nitrogens with one attached hydrogen (secondary N) is 1. The number of anilines is 1. The summed E-state index contributed by atoms with van der Waals surface area (Å²) in [6.07, 6.45) is 6.05. The molecule has 1 heterocycles. The number of benzene rings is 1. The Balaban J connectivity index is 1.98. The van der Waals surface area contributed by atoms with Gasteiger partial charge in [-0.2, -0.15) is 0 Å². The monoisotopic (exact) mass is 378 g/mol. The fourth-order valence-electron chi connectivity index (χ4n) is 2.48. The molecule has 0 aliphatic carbocycles. The Kier molecular flexibility index (Phi) is 7.47. The van der Waals surface area contributed by atoms with E-state index in [0.717, 1.165) is 13.0 Å². The second-order valence-corrected chi connectivity index (χ2v) is 6.40. The number of halogens is 1. The summed E-state index contributed by atoms with van der Waals surface area (Å²) in [6.45, 7) is 3.25. The molecule has 0 fully saturated rings. The molecule has 2 aromatic rings. The van der Waals surface area contributed by atoms with Crippen LogP contribution >= 0.6 is 11.6 Å². The number of rotatable bonds is 8. The van der Waals surface area contributed by atoms with E-state index in [-0.39, 0.29) is 18.5 Å².